The van der Waals surface area contributed by atoms with Gasteiger partial charge in [-0.25, -0.2) is 0 Å². The summed E-state index contributed by atoms with van der Waals surface area (Å²) in [5, 5.41) is 0. The molecule has 5 aromatic carbocycles. The van der Waals surface area contributed by atoms with Gasteiger partial charge < -0.3 is 33.9 Å². The molecule has 88 heavy (non-hydrogen) atoms. The number of aryl methyl sites for hydroxylation is 3. The Morgan fingerprint density at radius 3 is 0.920 bits per heavy atom. The molecule has 0 saturated heterocycles. The maximum absolute atomic E-state index is 11.7. The number of benzene rings is 5. The van der Waals surface area contributed by atoms with Crippen molar-refractivity contribution in [3.05, 3.63) is 147 Å². The fourth-order valence-corrected chi connectivity index (χ4v) is 11.0. The zero-order valence-electron chi connectivity index (χ0n) is 50.9. The number of rotatable bonds is 7. The average molecular weight is 1200 g/mol. The van der Waals surface area contributed by atoms with Gasteiger partial charge in [-0.3, -0.25) is 14.4 Å². The van der Waals surface area contributed by atoms with Crippen LogP contribution in [0, 0.1) is 0 Å². The summed E-state index contributed by atoms with van der Waals surface area (Å²) in [5.41, 5.74) is 13.7. The quantitative estimate of drug-likeness (QED) is 0.110. The van der Waals surface area contributed by atoms with E-state index in [1.807, 2.05) is 36.4 Å². The van der Waals surface area contributed by atoms with Crippen LogP contribution in [0.3, 0.4) is 0 Å². The van der Waals surface area contributed by atoms with Crippen molar-refractivity contribution in [2.45, 2.75) is 171 Å². The molecule has 5 saturated carbocycles. The fraction of sp³-hybridized carbons (Fsp3) is 0.464. The van der Waals surface area contributed by atoms with E-state index in [1.165, 1.54) is 116 Å². The van der Waals surface area contributed by atoms with E-state index in [4.69, 9.17) is 66.8 Å². The Balaban J connectivity index is 0.000000190. The van der Waals surface area contributed by atoms with Gasteiger partial charge in [-0.15, -0.1) is 0 Å². The second-order valence-corrected chi connectivity index (χ2v) is 24.1. The Labute approximate surface area is 524 Å². The van der Waals surface area contributed by atoms with Gasteiger partial charge in [0.05, 0.1) is 44.2 Å². The number of hydrogen-bond donors (Lipinski definition) is 0. The van der Waals surface area contributed by atoms with Crippen molar-refractivity contribution in [1.29, 1.82) is 0 Å². The van der Waals surface area contributed by atoms with E-state index in [0.717, 1.165) is 90.9 Å². The number of fused-ring (bicyclic) bond motifs is 5. The van der Waals surface area contributed by atoms with Crippen LogP contribution in [0.2, 0.25) is 0 Å². The van der Waals surface area contributed by atoms with Crippen molar-refractivity contribution in [1.82, 2.24) is 0 Å². The third-order valence-corrected chi connectivity index (χ3v) is 17.8. The van der Waals surface area contributed by atoms with Gasteiger partial charge in [-0.1, -0.05) is 70.2 Å². The van der Waals surface area contributed by atoms with Crippen molar-refractivity contribution in [2.75, 3.05) is 33.0 Å². The molecule has 19 heteroatoms. The molecule has 460 valence electrons. The standard InChI is InChI=1S/C13H14O3.2C13H14O2.2C13H16O.4CO2.Li.H2O/c14-9-16-13(5-6-13)11-3-4-12-10(8-11)2-1-7-15-12;2*1-13(5-6-13)9-2-3-12-10(8-9)11(14)4-7-15-12;2*1-13(6-7-13)11-4-5-12-10(9-11)3-2-8-14-12;4*2-1-3;;/h3-4,8-9H,1-2,5-7H2;2*2-3,8H,4-7H2,1H3;2*4-5,9H,2-3,6-8H2,1H3;;;;;;1H2/q;;;;;;;;;+1;/p-1. The van der Waals surface area contributed by atoms with Gasteiger partial charge in [-0.05, 0) is 217 Å². The first-order valence-corrected chi connectivity index (χ1v) is 29.4. The molecular formula is C69H75LiO18. The molecule has 0 unspecified atom stereocenters. The van der Waals surface area contributed by atoms with Gasteiger partial charge in [0.15, 0.2) is 11.6 Å². The molecule has 10 aliphatic rings. The molecule has 1 N–H and O–H groups in total. The van der Waals surface area contributed by atoms with E-state index in [-0.39, 0.29) is 66.1 Å². The number of hydrogen-bond acceptors (Lipinski definition) is 18. The number of carbonyl (C=O) groups excluding carboxylic acids is 11. The molecule has 5 fully saturated rings. The molecule has 18 nitrogen and oxygen atoms in total. The van der Waals surface area contributed by atoms with E-state index >= 15 is 0 Å². The molecule has 0 bridgehead atoms. The smallest absolute Gasteiger partial charge is 0.870 e. The van der Waals surface area contributed by atoms with E-state index < -0.39 is 0 Å². The predicted molar refractivity (Wildman–Crippen MR) is 309 cm³/mol. The zero-order chi connectivity index (χ0) is 62.0. The summed E-state index contributed by atoms with van der Waals surface area (Å²) in [6.07, 6.45) is 21.1. The number of ketones is 2. The van der Waals surface area contributed by atoms with Crippen molar-refractivity contribution in [2.24, 2.45) is 0 Å². The first kappa shape index (κ1) is 70.7. The van der Waals surface area contributed by atoms with Crippen LogP contribution in [0.5, 0.6) is 28.7 Å². The number of carbonyl (C=O) groups is 3. The summed E-state index contributed by atoms with van der Waals surface area (Å²) in [5.74, 6) is 5.19. The van der Waals surface area contributed by atoms with E-state index in [2.05, 4.69) is 82.3 Å². The average Bonchev–Trinajstić information content (AvgIpc) is 3.37. The summed E-state index contributed by atoms with van der Waals surface area (Å²) in [6, 6.07) is 31.8. The Hall–Kier alpha value is -8.01. The van der Waals surface area contributed by atoms with Crippen molar-refractivity contribution < 1.29 is 105 Å². The van der Waals surface area contributed by atoms with Crippen LogP contribution >= 0.6 is 0 Å². The van der Waals surface area contributed by atoms with Gasteiger partial charge in [-0.2, -0.15) is 38.4 Å². The SMILES string of the molecule is CC1(c2ccc3c(c2)C(=O)CCO3)CC1.CC1(c2ccc3c(c2)C(=O)CCO3)CC1.CC1(c2ccc3c(c2)CCCO3)CC1.CC1(c2ccc3c(c2)CCCO3)CC1.O=C=O.O=C=O.O=C=O.O=C=O.O=COC1(c2ccc3c(c2)CCCO3)CC1.[Li+].[OH-]. The Bertz CT molecular complexity index is 3150. The number of Topliss-reactive ketones (excluding diaryl/α,β-unsaturated/α-hetero) is 2. The monoisotopic (exact) mass is 1200 g/mol. The summed E-state index contributed by atoms with van der Waals surface area (Å²) in [7, 11) is 0. The first-order valence-electron chi connectivity index (χ1n) is 29.4. The molecule has 15 rings (SSSR count). The van der Waals surface area contributed by atoms with Crippen LogP contribution in [0.1, 0.15) is 189 Å². The molecule has 0 spiro atoms. The third-order valence-electron chi connectivity index (χ3n) is 17.8. The van der Waals surface area contributed by atoms with Crippen molar-refractivity contribution in [3.8, 4) is 28.7 Å². The molecular weight excluding hydrogens is 1120 g/mol. The topological polar surface area (TPSA) is 273 Å². The molecule has 0 radical (unpaired) electrons. The Morgan fingerprint density at radius 1 is 0.375 bits per heavy atom. The summed E-state index contributed by atoms with van der Waals surface area (Å²) < 4.78 is 32.9. The van der Waals surface area contributed by atoms with Crippen LogP contribution in [0.4, 0.5) is 0 Å². The fourth-order valence-electron chi connectivity index (χ4n) is 11.0. The van der Waals surface area contributed by atoms with Gasteiger partial charge >= 0.3 is 43.5 Å². The van der Waals surface area contributed by atoms with Crippen LogP contribution in [0.25, 0.3) is 0 Å². The second kappa shape index (κ2) is 32.3. The molecule has 0 amide bonds. The molecule has 5 aliphatic carbocycles. The van der Waals surface area contributed by atoms with Crippen LogP contribution in [0.15, 0.2) is 91.0 Å². The van der Waals surface area contributed by atoms with Crippen molar-refractivity contribution >= 4 is 42.6 Å². The Morgan fingerprint density at radius 2 is 0.636 bits per heavy atom. The van der Waals surface area contributed by atoms with Gasteiger partial charge in [0.25, 0.3) is 6.47 Å². The first-order chi connectivity index (χ1) is 41.4. The van der Waals surface area contributed by atoms with E-state index in [1.54, 1.807) is 0 Å². The van der Waals surface area contributed by atoms with Gasteiger partial charge in [0.2, 0.25) is 0 Å². The molecule has 5 heterocycles. The molecule has 0 atom stereocenters. The normalized spacial score (nSPS) is 18.6. The summed E-state index contributed by atoms with van der Waals surface area (Å²) in [4.78, 5) is 98.9. The van der Waals surface area contributed by atoms with Crippen LogP contribution in [-0.2, 0) is 94.4 Å². The second-order valence-electron chi connectivity index (χ2n) is 24.1. The minimum Gasteiger partial charge on any atom is -0.870 e. The van der Waals surface area contributed by atoms with E-state index in [0.29, 0.717) is 54.2 Å². The summed E-state index contributed by atoms with van der Waals surface area (Å²) in [6.45, 7) is 13.4. The van der Waals surface area contributed by atoms with E-state index in [9.17, 15) is 14.4 Å². The molecule has 0 aromatic heterocycles. The zero-order valence-corrected chi connectivity index (χ0v) is 50.9. The van der Waals surface area contributed by atoms with Crippen molar-refractivity contribution in [3.63, 3.8) is 0 Å². The summed E-state index contributed by atoms with van der Waals surface area (Å²) >= 11 is 0. The minimum atomic E-state index is -0.325. The molecule has 5 aromatic rings. The Kier molecular flexibility index (Phi) is 26.0. The van der Waals surface area contributed by atoms with Gasteiger partial charge in [0.1, 0.15) is 34.3 Å². The maximum Gasteiger partial charge on any atom is 1.00 e. The van der Waals surface area contributed by atoms with Crippen LogP contribution < -0.4 is 42.5 Å². The predicted octanol–water partition coefficient (Wildman–Crippen LogP) is 8.20. The number of ether oxygens (including phenoxy) is 6. The maximum atomic E-state index is 11.7. The van der Waals surface area contributed by atoms with Crippen LogP contribution in [-0.4, -0.2) is 81.2 Å². The van der Waals surface area contributed by atoms with Gasteiger partial charge in [0, 0.05) is 12.8 Å². The minimum absolute atomic E-state index is 0. The largest absolute Gasteiger partial charge is 1.00 e. The molecule has 5 aliphatic heterocycles. The third kappa shape index (κ3) is 18.8.